The van der Waals surface area contributed by atoms with E-state index in [0.29, 0.717) is 25.8 Å². The van der Waals surface area contributed by atoms with Gasteiger partial charge in [0, 0.05) is 13.0 Å². The van der Waals surface area contributed by atoms with E-state index in [1.54, 1.807) is 24.3 Å². The number of carboxylic acids is 1. The predicted molar refractivity (Wildman–Crippen MR) is 165 cm³/mol. The van der Waals surface area contributed by atoms with Crippen molar-refractivity contribution in [2.75, 3.05) is 13.1 Å². The number of hydrogen-bond donors (Lipinski definition) is 8. The molecule has 0 aromatic heterocycles. The summed E-state index contributed by atoms with van der Waals surface area (Å²) >= 11 is 0. The van der Waals surface area contributed by atoms with Gasteiger partial charge in [0.25, 0.3) is 0 Å². The summed E-state index contributed by atoms with van der Waals surface area (Å²) < 4.78 is 0. The molecule has 4 unspecified atom stereocenters. The number of rotatable bonds is 19. The van der Waals surface area contributed by atoms with Gasteiger partial charge in [0.2, 0.25) is 17.7 Å². The third kappa shape index (κ3) is 13.4. The average Bonchev–Trinajstić information content (AvgIpc) is 2.98. The molecule has 0 bridgehead atoms. The first-order valence-corrected chi connectivity index (χ1v) is 14.3. The lowest BCUT2D eigenvalue weighted by atomic mass is 10.0. The normalized spacial score (nSPS) is 13.5. The van der Waals surface area contributed by atoms with Gasteiger partial charge in [-0.15, -0.1) is 0 Å². The van der Waals surface area contributed by atoms with Crippen molar-refractivity contribution >= 4 is 29.7 Å². The predicted octanol–water partition coefficient (Wildman–Crippen LogP) is -0.479. The SMILES string of the molecule is NCCCCC(NC(=O)C(Cc1ccccc1)NC(=O)C(CCCN=C(N)N)NC(=O)C(N)Cc1ccccc1)C(=O)O. The minimum atomic E-state index is -1.19. The van der Waals surface area contributed by atoms with E-state index < -0.39 is 47.9 Å². The molecule has 0 aliphatic rings. The van der Waals surface area contributed by atoms with E-state index in [1.807, 2.05) is 36.4 Å². The van der Waals surface area contributed by atoms with E-state index in [4.69, 9.17) is 22.9 Å². The molecule has 2 aromatic carbocycles. The number of aliphatic carboxylic acids is 1. The van der Waals surface area contributed by atoms with Crippen molar-refractivity contribution in [1.82, 2.24) is 16.0 Å². The summed E-state index contributed by atoms with van der Waals surface area (Å²) in [6.07, 6.45) is 2.16. The number of amides is 3. The first-order chi connectivity index (χ1) is 20.6. The molecule has 0 saturated heterocycles. The molecule has 43 heavy (non-hydrogen) atoms. The topological polar surface area (TPSA) is 241 Å². The fourth-order valence-electron chi connectivity index (χ4n) is 4.37. The molecule has 0 heterocycles. The van der Waals surface area contributed by atoms with Crippen LogP contribution in [0.3, 0.4) is 0 Å². The van der Waals surface area contributed by atoms with Crippen LogP contribution in [0.5, 0.6) is 0 Å². The van der Waals surface area contributed by atoms with E-state index in [0.717, 1.165) is 11.1 Å². The van der Waals surface area contributed by atoms with Gasteiger partial charge in [-0.05, 0) is 56.2 Å². The Hall–Kier alpha value is -4.49. The number of nitrogens with one attached hydrogen (secondary N) is 3. The maximum Gasteiger partial charge on any atom is 0.326 e. The van der Waals surface area contributed by atoms with Crippen molar-refractivity contribution in [3.05, 3.63) is 71.8 Å². The van der Waals surface area contributed by atoms with Crippen molar-refractivity contribution in [2.24, 2.45) is 27.9 Å². The highest BCUT2D eigenvalue weighted by Crippen LogP contribution is 2.09. The lowest BCUT2D eigenvalue weighted by Gasteiger charge is -2.25. The van der Waals surface area contributed by atoms with Gasteiger partial charge in [-0.3, -0.25) is 19.4 Å². The molecular weight excluding hydrogens is 552 g/mol. The molecule has 2 aromatic rings. The molecule has 234 valence electrons. The van der Waals surface area contributed by atoms with Crippen LogP contribution in [0.25, 0.3) is 0 Å². The van der Waals surface area contributed by atoms with Crippen LogP contribution in [0.4, 0.5) is 0 Å². The van der Waals surface area contributed by atoms with Crippen molar-refractivity contribution in [3.8, 4) is 0 Å². The van der Waals surface area contributed by atoms with Crippen LogP contribution in [0.1, 0.15) is 43.2 Å². The zero-order valence-electron chi connectivity index (χ0n) is 24.3. The molecule has 0 spiro atoms. The van der Waals surface area contributed by atoms with Gasteiger partial charge in [0.1, 0.15) is 18.1 Å². The van der Waals surface area contributed by atoms with Crippen LogP contribution in [0.15, 0.2) is 65.7 Å². The van der Waals surface area contributed by atoms with Gasteiger partial charge in [0.15, 0.2) is 5.96 Å². The number of aliphatic imine (C=N–C) groups is 1. The zero-order chi connectivity index (χ0) is 31.6. The first kappa shape index (κ1) is 34.7. The standard InChI is InChI=1S/C30H44N8O5/c31-16-8-7-14-24(29(42)43)37-28(41)25(19-21-12-5-2-6-13-21)38-27(40)23(15-9-17-35-30(33)34)36-26(39)22(32)18-20-10-3-1-4-11-20/h1-6,10-13,22-25H,7-9,14-19,31-32H2,(H,36,39)(H,37,41)(H,38,40)(H,42,43)(H4,33,34,35). The molecular formula is C30H44N8O5. The molecule has 0 saturated carbocycles. The van der Waals surface area contributed by atoms with Crippen LogP contribution < -0.4 is 38.9 Å². The van der Waals surface area contributed by atoms with Gasteiger partial charge in [-0.1, -0.05) is 60.7 Å². The third-order valence-electron chi connectivity index (χ3n) is 6.69. The van der Waals surface area contributed by atoms with Crippen molar-refractivity contribution in [1.29, 1.82) is 0 Å². The van der Waals surface area contributed by atoms with E-state index in [1.165, 1.54) is 0 Å². The number of benzene rings is 2. The second-order valence-corrected chi connectivity index (χ2v) is 10.2. The largest absolute Gasteiger partial charge is 0.480 e. The second-order valence-electron chi connectivity index (χ2n) is 10.2. The van der Waals surface area contributed by atoms with Crippen LogP contribution in [0.2, 0.25) is 0 Å². The summed E-state index contributed by atoms with van der Waals surface area (Å²) in [7, 11) is 0. The molecule has 0 aliphatic heterocycles. The van der Waals surface area contributed by atoms with Crippen molar-refractivity contribution in [3.63, 3.8) is 0 Å². The lowest BCUT2D eigenvalue weighted by molar-refractivity contribution is -0.142. The Bertz CT molecular complexity index is 1190. The third-order valence-corrected chi connectivity index (χ3v) is 6.69. The number of unbranched alkanes of at least 4 members (excludes halogenated alkanes) is 1. The molecule has 12 N–H and O–H groups in total. The first-order valence-electron chi connectivity index (χ1n) is 14.3. The Morgan fingerprint density at radius 2 is 1.21 bits per heavy atom. The highest BCUT2D eigenvalue weighted by molar-refractivity contribution is 5.94. The Balaban J connectivity index is 2.22. The Morgan fingerprint density at radius 3 is 1.77 bits per heavy atom. The monoisotopic (exact) mass is 596 g/mol. The number of guanidine groups is 1. The summed E-state index contributed by atoms with van der Waals surface area (Å²) in [6, 6.07) is 13.9. The highest BCUT2D eigenvalue weighted by atomic mass is 16.4. The van der Waals surface area contributed by atoms with Gasteiger partial charge in [0.05, 0.1) is 6.04 Å². The second kappa shape index (κ2) is 18.8. The fourth-order valence-corrected chi connectivity index (χ4v) is 4.37. The molecule has 2 rings (SSSR count). The maximum atomic E-state index is 13.6. The molecule has 0 radical (unpaired) electrons. The number of hydrogen-bond acceptors (Lipinski definition) is 7. The van der Waals surface area contributed by atoms with Gasteiger partial charge >= 0.3 is 5.97 Å². The minimum Gasteiger partial charge on any atom is -0.480 e. The summed E-state index contributed by atoms with van der Waals surface area (Å²) in [4.78, 5) is 55.7. The minimum absolute atomic E-state index is 0.0930. The van der Waals surface area contributed by atoms with Crippen molar-refractivity contribution < 1.29 is 24.3 Å². The van der Waals surface area contributed by atoms with E-state index in [2.05, 4.69) is 20.9 Å². The molecule has 0 aliphatic carbocycles. The van der Waals surface area contributed by atoms with Crippen LogP contribution in [0, 0.1) is 0 Å². The number of nitrogens with two attached hydrogens (primary N) is 4. The van der Waals surface area contributed by atoms with Crippen molar-refractivity contribution in [2.45, 2.75) is 69.1 Å². The summed E-state index contributed by atoms with van der Waals surface area (Å²) in [5.41, 5.74) is 24.1. The van der Waals surface area contributed by atoms with Crippen LogP contribution in [-0.4, -0.2) is 72.0 Å². The molecule has 4 atom stereocenters. The average molecular weight is 597 g/mol. The Kier molecular flexibility index (Phi) is 15.2. The number of carbonyl (C=O) groups excluding carboxylic acids is 3. The van der Waals surface area contributed by atoms with Crippen LogP contribution in [-0.2, 0) is 32.0 Å². The Morgan fingerprint density at radius 1 is 0.698 bits per heavy atom. The van der Waals surface area contributed by atoms with E-state index in [-0.39, 0.29) is 38.2 Å². The molecule has 13 heteroatoms. The van der Waals surface area contributed by atoms with Crippen LogP contribution >= 0.6 is 0 Å². The van der Waals surface area contributed by atoms with E-state index >= 15 is 0 Å². The molecule has 0 fully saturated rings. The Labute approximate surface area is 251 Å². The molecule has 3 amide bonds. The maximum absolute atomic E-state index is 13.6. The lowest BCUT2D eigenvalue weighted by Crippen LogP contribution is -2.57. The fraction of sp³-hybridized carbons (Fsp3) is 0.433. The summed E-state index contributed by atoms with van der Waals surface area (Å²) in [5.74, 6) is -3.12. The summed E-state index contributed by atoms with van der Waals surface area (Å²) in [6.45, 7) is 0.618. The van der Waals surface area contributed by atoms with Gasteiger partial charge in [-0.25, -0.2) is 4.79 Å². The number of carbonyl (C=O) groups is 4. The molecule has 13 nitrogen and oxygen atoms in total. The highest BCUT2D eigenvalue weighted by Gasteiger charge is 2.30. The van der Waals surface area contributed by atoms with Gasteiger partial charge in [-0.2, -0.15) is 0 Å². The quantitative estimate of drug-likeness (QED) is 0.0592. The van der Waals surface area contributed by atoms with Gasteiger partial charge < -0.3 is 44.0 Å². The zero-order valence-corrected chi connectivity index (χ0v) is 24.3. The number of nitrogens with zero attached hydrogens (tertiary/aromatic N) is 1. The summed E-state index contributed by atoms with van der Waals surface area (Å²) in [5, 5.41) is 17.6. The number of carboxylic acid groups (broad SMARTS) is 1. The smallest absolute Gasteiger partial charge is 0.326 e. The van der Waals surface area contributed by atoms with E-state index in [9.17, 15) is 24.3 Å².